The number of hydrogen-bond acceptors (Lipinski definition) is 3. The van der Waals surface area contributed by atoms with E-state index in [9.17, 15) is 0 Å². The molecule has 1 aliphatic rings. The highest BCUT2D eigenvalue weighted by Crippen LogP contribution is 2.06. The van der Waals surface area contributed by atoms with Crippen molar-refractivity contribution < 1.29 is 4.74 Å². The van der Waals surface area contributed by atoms with Gasteiger partial charge in [-0.2, -0.15) is 0 Å². The smallest absolute Gasteiger partial charge is 0.0559 e. The molecular formula is C9H20N2O. The first-order valence-electron chi connectivity index (χ1n) is 4.80. The zero-order valence-electron chi connectivity index (χ0n) is 8.10. The van der Waals surface area contributed by atoms with Gasteiger partial charge in [0.15, 0.2) is 0 Å². The van der Waals surface area contributed by atoms with Crippen LogP contribution in [0, 0.1) is 5.92 Å². The van der Waals surface area contributed by atoms with Gasteiger partial charge in [0.1, 0.15) is 0 Å². The highest BCUT2D eigenvalue weighted by Gasteiger charge is 2.17. The first-order chi connectivity index (χ1) is 5.83. The zero-order valence-corrected chi connectivity index (χ0v) is 8.10. The monoisotopic (exact) mass is 172 g/mol. The van der Waals surface area contributed by atoms with E-state index in [0.29, 0.717) is 6.10 Å². The Morgan fingerprint density at radius 1 is 1.58 bits per heavy atom. The third-order valence-corrected chi connectivity index (χ3v) is 2.28. The van der Waals surface area contributed by atoms with Crippen molar-refractivity contribution >= 4 is 0 Å². The lowest BCUT2D eigenvalue weighted by molar-refractivity contribution is 0.0236. The predicted molar refractivity (Wildman–Crippen MR) is 50.3 cm³/mol. The van der Waals surface area contributed by atoms with Gasteiger partial charge < -0.3 is 15.4 Å². The van der Waals surface area contributed by atoms with Gasteiger partial charge in [-0.1, -0.05) is 0 Å². The minimum absolute atomic E-state index is 0.401. The van der Waals surface area contributed by atoms with Crippen molar-refractivity contribution in [3.8, 4) is 0 Å². The molecule has 0 saturated carbocycles. The van der Waals surface area contributed by atoms with Crippen LogP contribution in [0.4, 0.5) is 0 Å². The van der Waals surface area contributed by atoms with E-state index in [4.69, 9.17) is 4.74 Å². The molecule has 0 spiro atoms. The largest absolute Gasteiger partial charge is 0.378 e. The molecule has 2 N–H and O–H groups in total. The molecule has 1 saturated heterocycles. The van der Waals surface area contributed by atoms with E-state index in [1.165, 1.54) is 0 Å². The van der Waals surface area contributed by atoms with Crippen molar-refractivity contribution in [2.75, 3.05) is 33.3 Å². The SMILES string of the molecule is CNCCC(C)OCC1CNC1. The maximum atomic E-state index is 5.67. The summed E-state index contributed by atoms with van der Waals surface area (Å²) in [6.07, 6.45) is 1.51. The van der Waals surface area contributed by atoms with Gasteiger partial charge in [0.05, 0.1) is 12.7 Å². The standard InChI is InChI=1S/C9H20N2O/c1-8(3-4-10-2)12-7-9-5-11-6-9/h8-11H,3-7H2,1-2H3. The normalized spacial score (nSPS) is 20.5. The molecule has 1 aliphatic heterocycles. The van der Waals surface area contributed by atoms with Gasteiger partial charge >= 0.3 is 0 Å². The Kier molecular flexibility index (Phi) is 4.58. The van der Waals surface area contributed by atoms with Gasteiger partial charge in [0.25, 0.3) is 0 Å². The summed E-state index contributed by atoms with van der Waals surface area (Å²) in [5.74, 6) is 0.766. The molecule has 0 radical (unpaired) electrons. The molecule has 1 rings (SSSR count). The van der Waals surface area contributed by atoms with Crippen LogP contribution in [0.15, 0.2) is 0 Å². The molecular weight excluding hydrogens is 152 g/mol. The Morgan fingerprint density at radius 3 is 2.83 bits per heavy atom. The number of hydrogen-bond donors (Lipinski definition) is 2. The first kappa shape index (κ1) is 9.96. The van der Waals surface area contributed by atoms with E-state index in [1.54, 1.807) is 0 Å². The summed E-state index contributed by atoms with van der Waals surface area (Å²) in [6.45, 7) is 6.39. The van der Waals surface area contributed by atoms with Gasteiger partial charge in [0, 0.05) is 19.0 Å². The maximum absolute atomic E-state index is 5.67. The lowest BCUT2D eigenvalue weighted by atomic mass is 10.1. The molecule has 1 fully saturated rings. The van der Waals surface area contributed by atoms with E-state index >= 15 is 0 Å². The quantitative estimate of drug-likeness (QED) is 0.601. The number of ether oxygens (including phenoxy) is 1. The van der Waals surface area contributed by atoms with Crippen LogP contribution in [-0.2, 0) is 4.74 Å². The number of rotatable bonds is 6. The van der Waals surface area contributed by atoms with E-state index in [2.05, 4.69) is 17.6 Å². The molecule has 0 bridgehead atoms. The molecule has 0 aromatic carbocycles. The van der Waals surface area contributed by atoms with Crippen LogP contribution in [0.25, 0.3) is 0 Å². The minimum Gasteiger partial charge on any atom is -0.378 e. The molecule has 3 heteroatoms. The van der Waals surface area contributed by atoms with Crippen molar-refractivity contribution in [1.29, 1.82) is 0 Å². The summed E-state index contributed by atoms with van der Waals surface area (Å²) in [6, 6.07) is 0. The van der Waals surface area contributed by atoms with Crippen LogP contribution in [0.2, 0.25) is 0 Å². The van der Waals surface area contributed by atoms with Gasteiger partial charge in [-0.05, 0) is 26.9 Å². The van der Waals surface area contributed by atoms with E-state index in [-0.39, 0.29) is 0 Å². The Morgan fingerprint density at radius 2 is 2.33 bits per heavy atom. The average molecular weight is 172 g/mol. The zero-order chi connectivity index (χ0) is 8.81. The summed E-state index contributed by atoms with van der Waals surface area (Å²) in [4.78, 5) is 0. The molecule has 0 amide bonds. The molecule has 72 valence electrons. The minimum atomic E-state index is 0.401. The summed E-state index contributed by atoms with van der Waals surface area (Å²) >= 11 is 0. The highest BCUT2D eigenvalue weighted by molar-refractivity contribution is 4.74. The summed E-state index contributed by atoms with van der Waals surface area (Å²) in [7, 11) is 1.97. The third kappa shape index (κ3) is 3.52. The van der Waals surface area contributed by atoms with E-state index in [0.717, 1.165) is 38.6 Å². The van der Waals surface area contributed by atoms with Crippen molar-refractivity contribution in [3.63, 3.8) is 0 Å². The van der Waals surface area contributed by atoms with Crippen molar-refractivity contribution in [2.45, 2.75) is 19.4 Å². The van der Waals surface area contributed by atoms with Crippen LogP contribution in [0.1, 0.15) is 13.3 Å². The fourth-order valence-electron chi connectivity index (χ4n) is 1.20. The van der Waals surface area contributed by atoms with Crippen molar-refractivity contribution in [3.05, 3.63) is 0 Å². The second-order valence-corrected chi connectivity index (χ2v) is 3.56. The van der Waals surface area contributed by atoms with E-state index < -0.39 is 0 Å². The molecule has 12 heavy (non-hydrogen) atoms. The first-order valence-corrected chi connectivity index (χ1v) is 4.80. The Balaban J connectivity index is 1.90. The van der Waals surface area contributed by atoms with Crippen molar-refractivity contribution in [1.82, 2.24) is 10.6 Å². The Bertz CT molecular complexity index is 115. The average Bonchev–Trinajstić information content (AvgIpc) is 1.98. The van der Waals surface area contributed by atoms with Gasteiger partial charge in [0.2, 0.25) is 0 Å². The highest BCUT2D eigenvalue weighted by atomic mass is 16.5. The fourth-order valence-corrected chi connectivity index (χ4v) is 1.20. The maximum Gasteiger partial charge on any atom is 0.0559 e. The molecule has 0 aliphatic carbocycles. The van der Waals surface area contributed by atoms with Crippen LogP contribution in [-0.4, -0.2) is 39.4 Å². The molecule has 0 aromatic rings. The molecule has 0 aromatic heterocycles. The predicted octanol–water partition coefficient (Wildman–Crippen LogP) is 0.220. The Labute approximate surface area is 74.9 Å². The van der Waals surface area contributed by atoms with E-state index in [1.807, 2.05) is 7.05 Å². The third-order valence-electron chi connectivity index (χ3n) is 2.28. The second-order valence-electron chi connectivity index (χ2n) is 3.56. The summed E-state index contributed by atoms with van der Waals surface area (Å²) < 4.78 is 5.67. The van der Waals surface area contributed by atoms with Crippen LogP contribution in [0.3, 0.4) is 0 Å². The summed E-state index contributed by atoms with van der Waals surface area (Å²) in [5.41, 5.74) is 0. The second kappa shape index (κ2) is 5.51. The Hall–Kier alpha value is -0.120. The van der Waals surface area contributed by atoms with Crippen LogP contribution >= 0.6 is 0 Å². The van der Waals surface area contributed by atoms with Crippen LogP contribution in [0.5, 0.6) is 0 Å². The topological polar surface area (TPSA) is 33.3 Å². The lowest BCUT2D eigenvalue weighted by Gasteiger charge is -2.28. The lowest BCUT2D eigenvalue weighted by Crippen LogP contribution is -2.45. The fraction of sp³-hybridized carbons (Fsp3) is 1.00. The molecule has 1 atom stereocenters. The van der Waals surface area contributed by atoms with Crippen molar-refractivity contribution in [2.24, 2.45) is 5.92 Å². The summed E-state index contributed by atoms with van der Waals surface area (Å²) in [5, 5.41) is 6.36. The molecule has 1 heterocycles. The molecule has 1 unspecified atom stereocenters. The van der Waals surface area contributed by atoms with Gasteiger partial charge in [-0.3, -0.25) is 0 Å². The molecule has 3 nitrogen and oxygen atoms in total. The van der Waals surface area contributed by atoms with Gasteiger partial charge in [-0.15, -0.1) is 0 Å². The number of nitrogens with one attached hydrogen (secondary N) is 2. The van der Waals surface area contributed by atoms with Crippen LogP contribution < -0.4 is 10.6 Å². The van der Waals surface area contributed by atoms with Gasteiger partial charge in [-0.25, -0.2) is 0 Å².